The van der Waals surface area contributed by atoms with E-state index in [9.17, 15) is 83.1 Å². The number of carboxylic acid groups (broad SMARTS) is 3. The number of aliphatic hydroxyl groups is 1. The van der Waals surface area contributed by atoms with E-state index in [1.165, 1.54) is 12.1 Å². The standard InChI is InChI=1S/C62H80N10O17/c1-35(2)28-45(57(83)70-48(62(88)89)32-39-18-12-7-13-19-39)69-56(82)44(25-27-52(78)79)67-58(84)46(30-37-14-8-5-9-15-37)65-50(75)33-64-55(81)43(24-26-51(76)77)66-60(86)49(34-73)71-61(87)53(36(3)4)72-59(85)47(31-38-16-10-6-11-17-38)68-54(80)42(63)29-40-20-22-41(74)23-21-40/h5-23,35-36,42-49,53,73-74H,24-34,63H2,1-4H3,(H,64,81)(H,65,75)(H,66,86)(H,67,84)(H,68,80)(H,69,82)(H,70,83)(H,71,87)(H,72,85)(H,76,77)(H,78,79)(H,88,89)/t42-,43-,44-,45-,46-,47-,48-,49-,53-/m0/s1. The maximum absolute atomic E-state index is 14.2. The van der Waals surface area contributed by atoms with E-state index in [-0.39, 0.29) is 43.8 Å². The summed E-state index contributed by atoms with van der Waals surface area (Å²) in [5.74, 6) is -13.7. The summed E-state index contributed by atoms with van der Waals surface area (Å²) in [4.78, 5) is 160. The molecule has 27 nitrogen and oxygen atoms in total. The second-order valence-corrected chi connectivity index (χ2v) is 22.0. The van der Waals surface area contributed by atoms with E-state index in [1.807, 2.05) is 0 Å². The van der Waals surface area contributed by atoms with Gasteiger partial charge in [0.25, 0.3) is 0 Å². The van der Waals surface area contributed by atoms with Crippen LogP contribution in [0.5, 0.6) is 5.75 Å². The van der Waals surface area contributed by atoms with Crippen molar-refractivity contribution < 1.29 is 83.1 Å². The molecule has 0 aromatic heterocycles. The third-order valence-electron chi connectivity index (χ3n) is 13.9. The zero-order valence-electron chi connectivity index (χ0n) is 49.8. The van der Waals surface area contributed by atoms with Gasteiger partial charge in [0, 0.05) is 32.1 Å². The van der Waals surface area contributed by atoms with Crippen LogP contribution in [0.3, 0.4) is 0 Å². The fraction of sp³-hybridized carbons (Fsp3) is 0.419. The molecule has 0 spiro atoms. The number of carboxylic acids is 3. The summed E-state index contributed by atoms with van der Waals surface area (Å²) in [6, 6.07) is 18.0. The number of phenols is 1. The van der Waals surface area contributed by atoms with Gasteiger partial charge in [0.2, 0.25) is 53.2 Å². The van der Waals surface area contributed by atoms with Crippen LogP contribution >= 0.6 is 0 Å². The average Bonchev–Trinajstić information content (AvgIpc) is 2.75. The van der Waals surface area contributed by atoms with Crippen LogP contribution in [0.1, 0.15) is 82.1 Å². The monoisotopic (exact) mass is 1240 g/mol. The summed E-state index contributed by atoms with van der Waals surface area (Å²) < 4.78 is 0. The van der Waals surface area contributed by atoms with Crippen molar-refractivity contribution >= 4 is 71.1 Å². The number of amides is 9. The van der Waals surface area contributed by atoms with E-state index in [2.05, 4.69) is 47.9 Å². The Bertz CT molecular complexity index is 3050. The number of nitrogens with two attached hydrogens (primary N) is 1. The molecule has 0 aliphatic rings. The van der Waals surface area contributed by atoms with Gasteiger partial charge in [0.05, 0.1) is 19.2 Å². The van der Waals surface area contributed by atoms with Gasteiger partial charge in [-0.3, -0.25) is 52.7 Å². The molecule has 0 fully saturated rings. The highest BCUT2D eigenvalue weighted by Gasteiger charge is 2.36. The molecule has 0 unspecified atom stereocenters. The lowest BCUT2D eigenvalue weighted by molar-refractivity contribution is -0.142. The van der Waals surface area contributed by atoms with Gasteiger partial charge in [0.1, 0.15) is 54.1 Å². The number of aliphatic carboxylic acids is 3. The Labute approximate surface area is 514 Å². The van der Waals surface area contributed by atoms with Crippen LogP contribution in [0, 0.1) is 11.8 Å². The SMILES string of the molecule is CC(C)C[C@H](NC(=O)[C@H](CCC(=O)O)NC(=O)[C@H](Cc1ccccc1)NC(=O)CNC(=O)[C@H](CCC(=O)O)NC(=O)[C@H](CO)NC(=O)[C@@H](NC(=O)[C@H](Cc1ccccc1)NC(=O)[C@@H](N)Cc1ccc(O)cc1)C(C)C)C(=O)N[C@@H](Cc1ccccc1)C(=O)O. The van der Waals surface area contributed by atoms with Gasteiger partial charge in [-0.15, -0.1) is 0 Å². The zero-order chi connectivity index (χ0) is 65.7. The van der Waals surface area contributed by atoms with Crippen LogP contribution in [0.4, 0.5) is 0 Å². The quantitative estimate of drug-likeness (QED) is 0.0270. The molecule has 0 radical (unpaired) electrons. The number of phenolic OH excluding ortho intramolecular Hbond substituents is 1. The molecule has 480 valence electrons. The third kappa shape index (κ3) is 25.6. The summed E-state index contributed by atoms with van der Waals surface area (Å²) in [5.41, 5.74) is 8.58. The molecule has 0 aliphatic carbocycles. The molecule has 89 heavy (non-hydrogen) atoms. The Morgan fingerprint density at radius 3 is 1.26 bits per heavy atom. The van der Waals surface area contributed by atoms with Crippen LogP contribution in [0.2, 0.25) is 0 Å². The van der Waals surface area contributed by atoms with Gasteiger partial charge < -0.3 is 79.1 Å². The van der Waals surface area contributed by atoms with Crippen molar-refractivity contribution in [3.63, 3.8) is 0 Å². The van der Waals surface area contributed by atoms with Gasteiger partial charge in [0.15, 0.2) is 0 Å². The number of aromatic hydroxyl groups is 1. The van der Waals surface area contributed by atoms with Crippen LogP contribution in [0.25, 0.3) is 0 Å². The van der Waals surface area contributed by atoms with E-state index in [0.29, 0.717) is 22.3 Å². The molecule has 0 saturated heterocycles. The molecular formula is C62H80N10O17. The minimum absolute atomic E-state index is 0.00372. The third-order valence-corrected chi connectivity index (χ3v) is 13.9. The van der Waals surface area contributed by atoms with Crippen molar-refractivity contribution in [3.05, 3.63) is 138 Å². The zero-order valence-corrected chi connectivity index (χ0v) is 49.8. The van der Waals surface area contributed by atoms with Gasteiger partial charge in [-0.05, 0) is 71.9 Å². The first-order valence-corrected chi connectivity index (χ1v) is 28.8. The number of hydrogen-bond acceptors (Lipinski definition) is 15. The van der Waals surface area contributed by atoms with Crippen molar-refractivity contribution in [2.75, 3.05) is 13.2 Å². The highest BCUT2D eigenvalue weighted by atomic mass is 16.4. The molecule has 0 aliphatic heterocycles. The van der Waals surface area contributed by atoms with Crippen LogP contribution in [0.15, 0.2) is 115 Å². The first-order valence-electron chi connectivity index (χ1n) is 28.8. The molecule has 0 saturated carbocycles. The minimum Gasteiger partial charge on any atom is -0.508 e. The topological polar surface area (TPSA) is 440 Å². The van der Waals surface area contributed by atoms with Crippen molar-refractivity contribution in [2.45, 2.75) is 140 Å². The van der Waals surface area contributed by atoms with Gasteiger partial charge >= 0.3 is 17.9 Å². The number of carbonyl (C=O) groups is 12. The molecule has 16 N–H and O–H groups in total. The maximum atomic E-state index is 14.2. The van der Waals surface area contributed by atoms with Crippen LogP contribution < -0.4 is 53.6 Å². The maximum Gasteiger partial charge on any atom is 0.326 e. The van der Waals surface area contributed by atoms with Gasteiger partial charge in [-0.1, -0.05) is 131 Å². The summed E-state index contributed by atoms with van der Waals surface area (Å²) in [7, 11) is 0. The molecule has 9 atom stereocenters. The van der Waals surface area contributed by atoms with Crippen molar-refractivity contribution in [1.29, 1.82) is 0 Å². The molecule has 27 heteroatoms. The average molecular weight is 1240 g/mol. The van der Waals surface area contributed by atoms with Crippen LogP contribution in [-0.4, -0.2) is 164 Å². The lowest BCUT2D eigenvalue weighted by Crippen LogP contribution is -2.61. The van der Waals surface area contributed by atoms with E-state index in [4.69, 9.17) is 5.73 Å². The Balaban J connectivity index is 1.47. The van der Waals surface area contributed by atoms with E-state index >= 15 is 0 Å². The number of aliphatic hydroxyl groups excluding tert-OH is 1. The van der Waals surface area contributed by atoms with Gasteiger partial charge in [-0.2, -0.15) is 0 Å². The molecule has 0 heterocycles. The fourth-order valence-corrected chi connectivity index (χ4v) is 9.07. The molecule has 4 aromatic carbocycles. The highest BCUT2D eigenvalue weighted by Crippen LogP contribution is 2.15. The summed E-state index contributed by atoms with van der Waals surface area (Å²) in [6.45, 7) is 4.63. The predicted octanol–water partition coefficient (Wildman–Crippen LogP) is -0.507. The predicted molar refractivity (Wildman–Crippen MR) is 321 cm³/mol. The smallest absolute Gasteiger partial charge is 0.326 e. The van der Waals surface area contributed by atoms with Gasteiger partial charge in [-0.25, -0.2) is 4.79 Å². The fourth-order valence-electron chi connectivity index (χ4n) is 9.07. The lowest BCUT2D eigenvalue weighted by Gasteiger charge is -2.28. The Kier molecular flexibility index (Phi) is 29.3. The van der Waals surface area contributed by atoms with Crippen LogP contribution in [-0.2, 0) is 83.2 Å². The Hall–Kier alpha value is -9.76. The minimum atomic E-state index is -1.81. The number of nitrogens with one attached hydrogen (secondary N) is 9. The molecule has 9 amide bonds. The molecule has 4 rings (SSSR count). The Morgan fingerprint density at radius 2 is 0.798 bits per heavy atom. The second kappa shape index (κ2) is 36.4. The van der Waals surface area contributed by atoms with E-state index in [0.717, 1.165) is 0 Å². The second-order valence-electron chi connectivity index (χ2n) is 22.0. The molecule has 0 bridgehead atoms. The molecule has 4 aromatic rings. The number of rotatable bonds is 37. The normalized spacial score (nSPS) is 14.1. The number of hydrogen-bond donors (Lipinski definition) is 15. The van der Waals surface area contributed by atoms with Crippen molar-refractivity contribution in [1.82, 2.24) is 47.9 Å². The number of benzene rings is 4. The molecular weight excluding hydrogens is 1160 g/mol. The lowest BCUT2D eigenvalue weighted by atomic mass is 10.00. The Morgan fingerprint density at radius 1 is 0.416 bits per heavy atom. The summed E-state index contributed by atoms with van der Waals surface area (Å²) in [5, 5.41) is 71.2. The first-order chi connectivity index (χ1) is 42.2. The van der Waals surface area contributed by atoms with Crippen molar-refractivity contribution in [3.8, 4) is 5.75 Å². The summed E-state index contributed by atoms with van der Waals surface area (Å²) >= 11 is 0. The highest BCUT2D eigenvalue weighted by molar-refractivity contribution is 5.98. The van der Waals surface area contributed by atoms with Crippen molar-refractivity contribution in [2.24, 2.45) is 17.6 Å². The summed E-state index contributed by atoms with van der Waals surface area (Å²) in [6.07, 6.45) is -2.76. The number of carbonyl (C=O) groups excluding carboxylic acids is 9. The van der Waals surface area contributed by atoms with E-state index < -0.39 is 170 Å². The largest absolute Gasteiger partial charge is 0.508 e. The first kappa shape index (κ1) is 71.7. The van der Waals surface area contributed by atoms with E-state index in [1.54, 1.807) is 131 Å².